The number of anilines is 1. The van der Waals surface area contributed by atoms with Gasteiger partial charge in [0.15, 0.2) is 5.82 Å². The molecule has 8 heteroatoms. The van der Waals surface area contributed by atoms with Crippen molar-refractivity contribution in [2.75, 3.05) is 11.9 Å². The summed E-state index contributed by atoms with van der Waals surface area (Å²) >= 11 is 5.72. The van der Waals surface area contributed by atoms with E-state index in [1.54, 1.807) is 6.07 Å². The molecule has 2 N–H and O–H groups in total. The third-order valence-electron chi connectivity index (χ3n) is 4.91. The molecule has 1 amide bonds. The number of carbonyl (C=O) groups is 1. The molecule has 3 heterocycles. The Morgan fingerprint density at radius 2 is 2.22 bits per heavy atom. The number of likely N-dealkylation sites (tertiary alicyclic amines) is 1. The summed E-state index contributed by atoms with van der Waals surface area (Å²) in [5.74, 6) is -1.03. The van der Waals surface area contributed by atoms with Gasteiger partial charge in [0.25, 0.3) is 5.91 Å². The molecule has 1 fully saturated rings. The van der Waals surface area contributed by atoms with Crippen LogP contribution in [0.1, 0.15) is 35.8 Å². The molecule has 0 saturated carbocycles. The van der Waals surface area contributed by atoms with Crippen LogP contribution in [0.3, 0.4) is 0 Å². The van der Waals surface area contributed by atoms with Crippen molar-refractivity contribution in [3.8, 4) is 0 Å². The van der Waals surface area contributed by atoms with E-state index in [9.17, 15) is 9.18 Å². The van der Waals surface area contributed by atoms with Crippen LogP contribution in [-0.2, 0) is 6.54 Å². The highest BCUT2D eigenvalue weighted by Crippen LogP contribution is 2.22. The highest BCUT2D eigenvalue weighted by atomic mass is 35.5. The predicted molar refractivity (Wildman–Crippen MR) is 102 cm³/mol. The molecular weight excluding hydrogens is 369 g/mol. The smallest absolute Gasteiger partial charge is 0.259 e. The Labute approximate surface area is 160 Å². The Bertz CT molecular complexity index is 1000. The van der Waals surface area contributed by atoms with Gasteiger partial charge in [0.1, 0.15) is 11.3 Å². The Morgan fingerprint density at radius 1 is 1.37 bits per heavy atom. The van der Waals surface area contributed by atoms with E-state index in [2.05, 4.69) is 32.3 Å². The summed E-state index contributed by atoms with van der Waals surface area (Å²) in [6.45, 7) is 4.16. The monoisotopic (exact) mass is 387 g/mol. The molecular formula is C19H19ClFN5O. The van der Waals surface area contributed by atoms with Gasteiger partial charge in [-0.3, -0.25) is 9.69 Å². The highest BCUT2D eigenvalue weighted by Gasteiger charge is 2.21. The number of fused-ring (bicyclic) bond motifs is 1. The molecule has 0 spiro atoms. The molecule has 0 radical (unpaired) electrons. The first kappa shape index (κ1) is 17.9. The predicted octanol–water partition coefficient (Wildman–Crippen LogP) is 3.99. The number of halogens is 2. The summed E-state index contributed by atoms with van der Waals surface area (Å²) in [4.78, 5) is 18.0. The van der Waals surface area contributed by atoms with Gasteiger partial charge in [-0.15, -0.1) is 10.2 Å². The lowest BCUT2D eigenvalue weighted by molar-refractivity contribution is 0.102. The number of aromatic amines is 1. The molecule has 27 heavy (non-hydrogen) atoms. The lowest BCUT2D eigenvalue weighted by Crippen LogP contribution is -2.26. The van der Waals surface area contributed by atoms with Crippen LogP contribution < -0.4 is 5.32 Å². The normalized spacial score (nSPS) is 17.5. The number of benzene rings is 1. The lowest BCUT2D eigenvalue weighted by Gasteiger charge is -2.19. The summed E-state index contributed by atoms with van der Waals surface area (Å²) < 4.78 is 13.9. The minimum absolute atomic E-state index is 0.100. The molecule has 4 rings (SSSR count). The molecule has 2 aromatic heterocycles. The van der Waals surface area contributed by atoms with E-state index in [0.717, 1.165) is 35.9 Å². The van der Waals surface area contributed by atoms with Crippen LogP contribution in [0.4, 0.5) is 10.2 Å². The standard InChI is InChI=1S/C19H19ClFN5O/c1-11-3-2-6-26(11)10-13-8-17-16(22-13)9-18(25-24-17)23-19(27)14-5-4-12(20)7-15(14)21/h4-5,7-9,11,22H,2-3,6,10H2,1H3,(H,23,25,27)/t11-/m0/s1. The van der Waals surface area contributed by atoms with E-state index in [4.69, 9.17) is 11.6 Å². The fraction of sp³-hybridized carbons (Fsp3) is 0.316. The quantitative estimate of drug-likeness (QED) is 0.710. The third-order valence-corrected chi connectivity index (χ3v) is 5.15. The van der Waals surface area contributed by atoms with Crippen molar-refractivity contribution in [2.45, 2.75) is 32.4 Å². The fourth-order valence-corrected chi connectivity index (χ4v) is 3.59. The summed E-state index contributed by atoms with van der Waals surface area (Å²) in [5, 5.41) is 11.0. The largest absolute Gasteiger partial charge is 0.356 e. The summed E-state index contributed by atoms with van der Waals surface area (Å²) in [7, 11) is 0. The third kappa shape index (κ3) is 3.79. The highest BCUT2D eigenvalue weighted by molar-refractivity contribution is 6.30. The lowest BCUT2D eigenvalue weighted by atomic mass is 10.2. The zero-order valence-corrected chi connectivity index (χ0v) is 15.6. The molecule has 1 atom stereocenters. The first-order valence-corrected chi connectivity index (χ1v) is 9.23. The average Bonchev–Trinajstić information content (AvgIpc) is 3.20. The number of nitrogens with one attached hydrogen (secondary N) is 2. The van der Waals surface area contributed by atoms with Gasteiger partial charge in [0, 0.05) is 29.4 Å². The van der Waals surface area contributed by atoms with Crippen LogP contribution >= 0.6 is 11.6 Å². The SMILES string of the molecule is C[C@H]1CCCN1Cc1cc2nnc(NC(=O)c3ccc(Cl)cc3F)cc2[nH]1. The van der Waals surface area contributed by atoms with Gasteiger partial charge in [-0.05, 0) is 50.6 Å². The van der Waals surface area contributed by atoms with Gasteiger partial charge < -0.3 is 10.3 Å². The first-order valence-electron chi connectivity index (χ1n) is 8.85. The molecule has 1 aromatic carbocycles. The fourth-order valence-electron chi connectivity index (χ4n) is 3.43. The van der Waals surface area contributed by atoms with E-state index in [0.29, 0.717) is 6.04 Å². The van der Waals surface area contributed by atoms with Crippen LogP contribution in [0.25, 0.3) is 11.0 Å². The Hall–Kier alpha value is -2.51. The Kier molecular flexibility index (Phi) is 4.80. The van der Waals surface area contributed by atoms with Gasteiger partial charge in [-0.25, -0.2) is 4.39 Å². The van der Waals surface area contributed by atoms with E-state index in [1.807, 2.05) is 6.07 Å². The number of H-pyrrole nitrogens is 1. The molecule has 0 aliphatic carbocycles. The topological polar surface area (TPSA) is 73.9 Å². The number of rotatable bonds is 4. The van der Waals surface area contributed by atoms with E-state index in [1.165, 1.54) is 25.0 Å². The zero-order valence-electron chi connectivity index (χ0n) is 14.8. The summed E-state index contributed by atoms with van der Waals surface area (Å²) in [6.07, 6.45) is 2.44. The van der Waals surface area contributed by atoms with E-state index in [-0.39, 0.29) is 16.4 Å². The summed E-state index contributed by atoms with van der Waals surface area (Å²) in [5.41, 5.74) is 2.46. The number of hydrogen-bond donors (Lipinski definition) is 2. The second kappa shape index (κ2) is 7.25. The van der Waals surface area contributed by atoms with Gasteiger partial charge >= 0.3 is 0 Å². The maximum Gasteiger partial charge on any atom is 0.259 e. The number of nitrogens with zero attached hydrogens (tertiary/aromatic N) is 3. The Balaban J connectivity index is 1.52. The Morgan fingerprint density at radius 3 is 2.96 bits per heavy atom. The van der Waals surface area contributed by atoms with Crippen LogP contribution in [0.2, 0.25) is 5.02 Å². The van der Waals surface area contributed by atoms with Crippen LogP contribution in [0.5, 0.6) is 0 Å². The van der Waals surface area contributed by atoms with Gasteiger partial charge in [0.05, 0.1) is 11.1 Å². The van der Waals surface area contributed by atoms with E-state index >= 15 is 0 Å². The van der Waals surface area contributed by atoms with Crippen LogP contribution in [-0.4, -0.2) is 38.6 Å². The van der Waals surface area contributed by atoms with Crippen molar-refractivity contribution in [2.24, 2.45) is 0 Å². The minimum Gasteiger partial charge on any atom is -0.356 e. The first-order chi connectivity index (χ1) is 13.0. The molecule has 1 aliphatic rings. The van der Waals surface area contributed by atoms with Gasteiger partial charge in [0.2, 0.25) is 0 Å². The number of hydrogen-bond acceptors (Lipinski definition) is 4. The number of carbonyl (C=O) groups excluding carboxylic acids is 1. The zero-order chi connectivity index (χ0) is 19.0. The van der Waals surface area contributed by atoms with Gasteiger partial charge in [-0.2, -0.15) is 0 Å². The van der Waals surface area contributed by atoms with Gasteiger partial charge in [-0.1, -0.05) is 11.6 Å². The molecule has 1 saturated heterocycles. The molecule has 0 bridgehead atoms. The molecule has 140 valence electrons. The molecule has 0 unspecified atom stereocenters. The van der Waals surface area contributed by atoms with Crippen LogP contribution in [0.15, 0.2) is 30.3 Å². The van der Waals surface area contributed by atoms with Crippen molar-refractivity contribution in [1.82, 2.24) is 20.1 Å². The number of aromatic nitrogens is 3. The second-order valence-electron chi connectivity index (χ2n) is 6.86. The van der Waals surface area contributed by atoms with Crippen LogP contribution in [0, 0.1) is 5.82 Å². The molecule has 1 aliphatic heterocycles. The van der Waals surface area contributed by atoms with Crippen molar-refractivity contribution < 1.29 is 9.18 Å². The summed E-state index contributed by atoms with van der Waals surface area (Å²) in [6, 6.07) is 8.14. The van der Waals surface area contributed by atoms with Crippen molar-refractivity contribution in [3.05, 3.63) is 52.4 Å². The number of amides is 1. The maximum absolute atomic E-state index is 13.9. The van der Waals surface area contributed by atoms with Crippen molar-refractivity contribution >= 4 is 34.4 Å². The second-order valence-corrected chi connectivity index (χ2v) is 7.30. The molecule has 6 nitrogen and oxygen atoms in total. The molecule has 3 aromatic rings. The minimum atomic E-state index is -0.684. The van der Waals surface area contributed by atoms with Crippen molar-refractivity contribution in [3.63, 3.8) is 0 Å². The van der Waals surface area contributed by atoms with Crippen molar-refractivity contribution in [1.29, 1.82) is 0 Å². The van der Waals surface area contributed by atoms with E-state index < -0.39 is 11.7 Å². The maximum atomic E-state index is 13.9. The average molecular weight is 388 g/mol.